The van der Waals surface area contributed by atoms with E-state index in [0.29, 0.717) is 11.4 Å². The number of imidazole rings is 1. The van der Waals surface area contributed by atoms with Gasteiger partial charge in [0.2, 0.25) is 0 Å². The molecule has 0 aliphatic heterocycles. The third-order valence-corrected chi connectivity index (χ3v) is 2.75. The SMILES string of the molecule is COc1cc(-n2cnc(C)c2C)ccc1N. The monoisotopic (exact) mass is 217 g/mol. The number of methoxy groups -OCH3 is 1. The maximum Gasteiger partial charge on any atom is 0.143 e. The predicted octanol–water partition coefficient (Wildman–Crippen LogP) is 2.08. The van der Waals surface area contributed by atoms with Crippen LogP contribution in [0.4, 0.5) is 5.69 Å². The van der Waals surface area contributed by atoms with Gasteiger partial charge in [0.1, 0.15) is 5.75 Å². The highest BCUT2D eigenvalue weighted by molar-refractivity contribution is 5.57. The second-order valence-electron chi connectivity index (χ2n) is 3.71. The lowest BCUT2D eigenvalue weighted by molar-refractivity contribution is 0.417. The molecule has 0 bridgehead atoms. The smallest absolute Gasteiger partial charge is 0.143 e. The maximum absolute atomic E-state index is 5.77. The fraction of sp³-hybridized carbons (Fsp3) is 0.250. The number of ether oxygens (including phenoxy) is 1. The molecule has 1 aromatic carbocycles. The lowest BCUT2D eigenvalue weighted by Gasteiger charge is -2.09. The minimum Gasteiger partial charge on any atom is -0.495 e. The number of benzene rings is 1. The van der Waals surface area contributed by atoms with Gasteiger partial charge in [0.15, 0.2) is 0 Å². The van der Waals surface area contributed by atoms with Crippen LogP contribution >= 0.6 is 0 Å². The molecular formula is C12H15N3O. The molecule has 0 unspecified atom stereocenters. The van der Waals surface area contributed by atoms with Crippen molar-refractivity contribution in [1.29, 1.82) is 0 Å². The van der Waals surface area contributed by atoms with Gasteiger partial charge in [-0.15, -0.1) is 0 Å². The summed E-state index contributed by atoms with van der Waals surface area (Å²) in [6.45, 7) is 4.02. The fourth-order valence-corrected chi connectivity index (χ4v) is 1.61. The second-order valence-corrected chi connectivity index (χ2v) is 3.71. The predicted molar refractivity (Wildman–Crippen MR) is 64.0 cm³/mol. The van der Waals surface area contributed by atoms with Crippen LogP contribution in [0.15, 0.2) is 24.5 Å². The Bertz CT molecular complexity index is 517. The Morgan fingerprint density at radius 3 is 2.62 bits per heavy atom. The van der Waals surface area contributed by atoms with Crippen molar-refractivity contribution in [2.75, 3.05) is 12.8 Å². The van der Waals surface area contributed by atoms with Crippen LogP contribution in [-0.4, -0.2) is 16.7 Å². The molecule has 0 amide bonds. The van der Waals surface area contributed by atoms with Crippen LogP contribution in [0.5, 0.6) is 5.75 Å². The van der Waals surface area contributed by atoms with Gasteiger partial charge in [-0.3, -0.25) is 0 Å². The van der Waals surface area contributed by atoms with E-state index in [9.17, 15) is 0 Å². The summed E-state index contributed by atoms with van der Waals surface area (Å²) >= 11 is 0. The van der Waals surface area contributed by atoms with Crippen LogP contribution < -0.4 is 10.5 Å². The lowest BCUT2D eigenvalue weighted by atomic mass is 10.2. The summed E-state index contributed by atoms with van der Waals surface area (Å²) < 4.78 is 7.21. The molecule has 0 spiro atoms. The fourth-order valence-electron chi connectivity index (χ4n) is 1.61. The van der Waals surface area contributed by atoms with Gasteiger partial charge in [0, 0.05) is 11.8 Å². The molecule has 0 aliphatic rings. The Balaban J connectivity index is 2.52. The third-order valence-electron chi connectivity index (χ3n) is 2.75. The molecule has 84 valence electrons. The molecule has 4 nitrogen and oxygen atoms in total. The number of nitrogens with two attached hydrogens (primary N) is 1. The minimum atomic E-state index is 0.640. The first-order valence-electron chi connectivity index (χ1n) is 5.08. The molecule has 0 atom stereocenters. The Labute approximate surface area is 94.7 Å². The number of rotatable bonds is 2. The number of aryl methyl sites for hydroxylation is 1. The molecule has 0 saturated heterocycles. The van der Waals surface area contributed by atoms with Crippen LogP contribution in [0.25, 0.3) is 5.69 Å². The second kappa shape index (κ2) is 3.89. The van der Waals surface area contributed by atoms with Gasteiger partial charge in [-0.05, 0) is 26.0 Å². The zero-order valence-corrected chi connectivity index (χ0v) is 9.69. The third kappa shape index (κ3) is 1.62. The Hall–Kier alpha value is -1.97. The van der Waals surface area contributed by atoms with E-state index in [2.05, 4.69) is 4.98 Å². The standard InChI is InChI=1S/C12H15N3O/c1-8-9(2)15(7-14-8)10-4-5-11(13)12(6-10)16-3/h4-7H,13H2,1-3H3. The number of aromatic nitrogens is 2. The summed E-state index contributed by atoms with van der Waals surface area (Å²) in [5.74, 6) is 0.684. The van der Waals surface area contributed by atoms with Gasteiger partial charge < -0.3 is 15.0 Å². The Kier molecular flexibility index (Phi) is 2.56. The van der Waals surface area contributed by atoms with Crippen molar-refractivity contribution in [3.8, 4) is 11.4 Å². The van der Waals surface area contributed by atoms with Gasteiger partial charge in [0.05, 0.1) is 30.5 Å². The Morgan fingerprint density at radius 2 is 2.06 bits per heavy atom. The van der Waals surface area contributed by atoms with E-state index >= 15 is 0 Å². The number of hydrogen-bond acceptors (Lipinski definition) is 3. The van der Waals surface area contributed by atoms with E-state index in [1.807, 2.05) is 36.6 Å². The van der Waals surface area contributed by atoms with E-state index in [4.69, 9.17) is 10.5 Å². The summed E-state index contributed by atoms with van der Waals surface area (Å²) in [4.78, 5) is 4.26. The zero-order valence-electron chi connectivity index (χ0n) is 9.69. The molecule has 2 aromatic rings. The summed E-state index contributed by atoms with van der Waals surface area (Å²) in [5, 5.41) is 0. The molecule has 1 aromatic heterocycles. The van der Waals surface area contributed by atoms with Crippen molar-refractivity contribution >= 4 is 5.69 Å². The molecule has 1 heterocycles. The molecule has 0 saturated carbocycles. The van der Waals surface area contributed by atoms with Crippen molar-refractivity contribution in [2.24, 2.45) is 0 Å². The van der Waals surface area contributed by atoms with Crippen LogP contribution in [0.3, 0.4) is 0 Å². The first-order chi connectivity index (χ1) is 7.63. The molecule has 16 heavy (non-hydrogen) atoms. The number of hydrogen-bond donors (Lipinski definition) is 1. The van der Waals surface area contributed by atoms with Crippen molar-refractivity contribution in [3.63, 3.8) is 0 Å². The normalized spacial score (nSPS) is 10.4. The molecule has 0 fully saturated rings. The highest BCUT2D eigenvalue weighted by Gasteiger charge is 2.06. The first-order valence-corrected chi connectivity index (χ1v) is 5.08. The number of nitrogen functional groups attached to an aromatic ring is 1. The van der Waals surface area contributed by atoms with Crippen molar-refractivity contribution in [1.82, 2.24) is 9.55 Å². The van der Waals surface area contributed by atoms with Crippen molar-refractivity contribution in [2.45, 2.75) is 13.8 Å². The van der Waals surface area contributed by atoms with E-state index in [0.717, 1.165) is 17.1 Å². The van der Waals surface area contributed by atoms with Gasteiger partial charge in [0.25, 0.3) is 0 Å². The van der Waals surface area contributed by atoms with Gasteiger partial charge in [-0.2, -0.15) is 0 Å². The van der Waals surface area contributed by atoms with Gasteiger partial charge >= 0.3 is 0 Å². The van der Waals surface area contributed by atoms with Crippen LogP contribution in [-0.2, 0) is 0 Å². The zero-order chi connectivity index (χ0) is 11.7. The highest BCUT2D eigenvalue weighted by atomic mass is 16.5. The summed E-state index contributed by atoms with van der Waals surface area (Å²) in [6, 6.07) is 5.69. The maximum atomic E-state index is 5.77. The largest absolute Gasteiger partial charge is 0.495 e. The van der Waals surface area contributed by atoms with E-state index in [-0.39, 0.29) is 0 Å². The number of nitrogens with zero attached hydrogens (tertiary/aromatic N) is 2. The van der Waals surface area contributed by atoms with E-state index in [1.165, 1.54) is 0 Å². The summed E-state index contributed by atoms with van der Waals surface area (Å²) in [6.07, 6.45) is 1.80. The average molecular weight is 217 g/mol. The van der Waals surface area contributed by atoms with Gasteiger partial charge in [-0.25, -0.2) is 4.98 Å². The molecule has 0 radical (unpaired) electrons. The van der Waals surface area contributed by atoms with E-state index in [1.54, 1.807) is 13.4 Å². The van der Waals surface area contributed by atoms with E-state index < -0.39 is 0 Å². The lowest BCUT2D eigenvalue weighted by Crippen LogP contribution is -1.98. The van der Waals surface area contributed by atoms with Crippen LogP contribution in [0, 0.1) is 13.8 Å². The Morgan fingerprint density at radius 1 is 1.31 bits per heavy atom. The molecule has 4 heteroatoms. The molecular weight excluding hydrogens is 202 g/mol. The molecule has 0 aliphatic carbocycles. The topological polar surface area (TPSA) is 53.1 Å². The van der Waals surface area contributed by atoms with Crippen LogP contribution in [0.1, 0.15) is 11.4 Å². The van der Waals surface area contributed by atoms with Crippen molar-refractivity contribution in [3.05, 3.63) is 35.9 Å². The summed E-state index contributed by atoms with van der Waals surface area (Å²) in [7, 11) is 1.61. The highest BCUT2D eigenvalue weighted by Crippen LogP contribution is 2.25. The first kappa shape index (κ1) is 10.5. The van der Waals surface area contributed by atoms with Crippen molar-refractivity contribution < 1.29 is 4.74 Å². The van der Waals surface area contributed by atoms with Gasteiger partial charge in [-0.1, -0.05) is 0 Å². The number of anilines is 1. The minimum absolute atomic E-state index is 0.640. The molecule has 2 N–H and O–H groups in total. The van der Waals surface area contributed by atoms with Crippen LogP contribution in [0.2, 0.25) is 0 Å². The average Bonchev–Trinajstić information content (AvgIpc) is 2.61. The summed E-state index contributed by atoms with van der Waals surface area (Å²) in [5.41, 5.74) is 9.56. The molecule has 2 rings (SSSR count). The quantitative estimate of drug-likeness (QED) is 0.783.